The Morgan fingerprint density at radius 2 is 2.21 bits per heavy atom. The average Bonchev–Trinajstić information content (AvgIpc) is 2.47. The lowest BCUT2D eigenvalue weighted by atomic mass is 10.1. The molecule has 14 heavy (non-hydrogen) atoms. The third-order valence-corrected chi connectivity index (χ3v) is 4.50. The second-order valence-corrected chi connectivity index (χ2v) is 5.91. The number of thiophene rings is 1. The van der Waals surface area contributed by atoms with E-state index in [1.54, 1.807) is 0 Å². The van der Waals surface area contributed by atoms with Crippen LogP contribution in [0, 0.1) is 6.92 Å². The smallest absolute Gasteiger partial charge is 0.0731 e. The molecule has 3 heteroatoms. The van der Waals surface area contributed by atoms with Gasteiger partial charge in [0, 0.05) is 10.9 Å². The van der Waals surface area contributed by atoms with Crippen molar-refractivity contribution in [2.24, 2.45) is 0 Å². The number of hydrogen-bond donors (Lipinski definition) is 1. The summed E-state index contributed by atoms with van der Waals surface area (Å²) in [6.07, 6.45) is 2.45. The zero-order valence-corrected chi connectivity index (χ0v) is 11.5. The molecule has 1 aromatic rings. The summed E-state index contributed by atoms with van der Waals surface area (Å²) in [5.41, 5.74) is 1.35. The molecule has 1 aromatic heterocycles. The van der Waals surface area contributed by atoms with E-state index in [2.05, 4.69) is 48.1 Å². The molecule has 0 amide bonds. The van der Waals surface area contributed by atoms with Gasteiger partial charge in [0.05, 0.1) is 3.79 Å². The highest BCUT2D eigenvalue weighted by Gasteiger charge is 2.12. The van der Waals surface area contributed by atoms with Crippen molar-refractivity contribution in [1.82, 2.24) is 5.32 Å². The van der Waals surface area contributed by atoms with Gasteiger partial charge in [0.1, 0.15) is 0 Å². The molecule has 0 aliphatic rings. The molecule has 1 atom stereocenters. The number of hydrogen-bond acceptors (Lipinski definition) is 2. The molecule has 1 heterocycles. The maximum absolute atomic E-state index is 3.58. The first-order valence-electron chi connectivity index (χ1n) is 5.18. The molecule has 0 radical (unpaired) electrons. The highest BCUT2D eigenvalue weighted by molar-refractivity contribution is 9.11. The minimum absolute atomic E-state index is 0.542. The van der Waals surface area contributed by atoms with Gasteiger partial charge in [-0.2, -0.15) is 0 Å². The molecule has 0 fully saturated rings. The molecular weight excluding hydrogens is 258 g/mol. The van der Waals surface area contributed by atoms with Crippen molar-refractivity contribution in [3.63, 3.8) is 0 Å². The van der Waals surface area contributed by atoms with E-state index in [-0.39, 0.29) is 0 Å². The summed E-state index contributed by atoms with van der Waals surface area (Å²) in [7, 11) is 0. The van der Waals surface area contributed by atoms with Crippen LogP contribution < -0.4 is 5.32 Å². The van der Waals surface area contributed by atoms with Crippen molar-refractivity contribution >= 4 is 27.3 Å². The van der Waals surface area contributed by atoms with E-state index in [4.69, 9.17) is 0 Å². The molecule has 0 spiro atoms. The molecule has 0 bridgehead atoms. The number of halogens is 1. The summed E-state index contributed by atoms with van der Waals surface area (Å²) in [6, 6.07) is 2.83. The first-order chi connectivity index (χ1) is 6.69. The van der Waals surface area contributed by atoms with Crippen LogP contribution in [0.25, 0.3) is 0 Å². The second-order valence-electron chi connectivity index (χ2n) is 3.50. The van der Waals surface area contributed by atoms with Gasteiger partial charge in [-0.25, -0.2) is 0 Å². The summed E-state index contributed by atoms with van der Waals surface area (Å²) in [6.45, 7) is 7.59. The molecule has 1 nitrogen and oxygen atoms in total. The highest BCUT2D eigenvalue weighted by Crippen LogP contribution is 2.32. The summed E-state index contributed by atoms with van der Waals surface area (Å²) < 4.78 is 1.27. The highest BCUT2D eigenvalue weighted by atomic mass is 79.9. The molecule has 0 saturated carbocycles. The van der Waals surface area contributed by atoms with Gasteiger partial charge in [0.25, 0.3) is 0 Å². The Kier molecular flexibility index (Phi) is 5.13. The molecule has 1 rings (SSSR count). The van der Waals surface area contributed by atoms with Crippen LogP contribution >= 0.6 is 27.3 Å². The lowest BCUT2D eigenvalue weighted by molar-refractivity contribution is 0.516. The van der Waals surface area contributed by atoms with E-state index >= 15 is 0 Å². The van der Waals surface area contributed by atoms with E-state index in [0.717, 1.165) is 6.54 Å². The molecule has 80 valence electrons. The normalized spacial score (nSPS) is 13.1. The molecule has 1 unspecified atom stereocenters. The molecular formula is C11H18BrNS. The van der Waals surface area contributed by atoms with Crippen molar-refractivity contribution in [2.75, 3.05) is 6.54 Å². The van der Waals surface area contributed by atoms with Gasteiger partial charge in [-0.1, -0.05) is 20.3 Å². The predicted octanol–water partition coefficient (Wildman–Crippen LogP) is 4.27. The van der Waals surface area contributed by atoms with Crippen molar-refractivity contribution in [2.45, 2.75) is 39.7 Å². The standard InChI is InChI=1S/C11H18BrNS/c1-4-6-9(13-5-2)10-7-8(3)11(12)14-10/h7,9,13H,4-6H2,1-3H3. The van der Waals surface area contributed by atoms with Crippen LogP contribution in [-0.4, -0.2) is 6.54 Å². The fraction of sp³-hybridized carbons (Fsp3) is 0.636. The van der Waals surface area contributed by atoms with E-state index in [1.165, 1.54) is 27.1 Å². The Morgan fingerprint density at radius 3 is 2.64 bits per heavy atom. The van der Waals surface area contributed by atoms with Crippen LogP contribution in [0.15, 0.2) is 9.85 Å². The third kappa shape index (κ3) is 3.07. The van der Waals surface area contributed by atoms with E-state index < -0.39 is 0 Å². The number of aryl methyl sites for hydroxylation is 1. The van der Waals surface area contributed by atoms with Crippen molar-refractivity contribution in [3.8, 4) is 0 Å². The van der Waals surface area contributed by atoms with Gasteiger partial charge >= 0.3 is 0 Å². The Morgan fingerprint density at radius 1 is 1.50 bits per heavy atom. The second kappa shape index (κ2) is 5.89. The number of nitrogens with one attached hydrogen (secondary N) is 1. The molecule has 1 N–H and O–H groups in total. The van der Waals surface area contributed by atoms with E-state index in [0.29, 0.717) is 6.04 Å². The van der Waals surface area contributed by atoms with Crippen molar-refractivity contribution in [1.29, 1.82) is 0 Å². The number of rotatable bonds is 5. The zero-order chi connectivity index (χ0) is 10.6. The quantitative estimate of drug-likeness (QED) is 0.846. The fourth-order valence-corrected chi connectivity index (χ4v) is 3.22. The Balaban J connectivity index is 2.76. The van der Waals surface area contributed by atoms with Crippen LogP contribution in [-0.2, 0) is 0 Å². The van der Waals surface area contributed by atoms with Crippen molar-refractivity contribution < 1.29 is 0 Å². The summed E-state index contributed by atoms with van der Waals surface area (Å²) in [5.74, 6) is 0. The van der Waals surface area contributed by atoms with Crippen LogP contribution in [0.1, 0.15) is 43.2 Å². The van der Waals surface area contributed by atoms with E-state index in [9.17, 15) is 0 Å². The first-order valence-corrected chi connectivity index (χ1v) is 6.79. The SMILES string of the molecule is CCCC(NCC)c1cc(C)c(Br)s1. The molecule has 0 aromatic carbocycles. The van der Waals surface area contributed by atoms with Gasteiger partial charge in [-0.05, 0) is 47.4 Å². The maximum Gasteiger partial charge on any atom is 0.0731 e. The van der Waals surface area contributed by atoms with E-state index in [1.807, 2.05) is 11.3 Å². The van der Waals surface area contributed by atoms with Crippen LogP contribution in [0.4, 0.5) is 0 Å². The fourth-order valence-electron chi connectivity index (χ4n) is 1.54. The topological polar surface area (TPSA) is 12.0 Å². The van der Waals surface area contributed by atoms with Gasteiger partial charge < -0.3 is 5.32 Å². The van der Waals surface area contributed by atoms with Gasteiger partial charge in [-0.3, -0.25) is 0 Å². The summed E-state index contributed by atoms with van der Waals surface area (Å²) in [4.78, 5) is 1.46. The third-order valence-electron chi connectivity index (χ3n) is 2.25. The van der Waals surface area contributed by atoms with Gasteiger partial charge in [0.2, 0.25) is 0 Å². The Hall–Kier alpha value is 0.140. The average molecular weight is 276 g/mol. The Labute approximate surface area is 99.0 Å². The summed E-state index contributed by atoms with van der Waals surface area (Å²) >= 11 is 5.43. The monoisotopic (exact) mass is 275 g/mol. The van der Waals surface area contributed by atoms with Gasteiger partial charge in [-0.15, -0.1) is 11.3 Å². The van der Waals surface area contributed by atoms with Crippen LogP contribution in [0.5, 0.6) is 0 Å². The zero-order valence-electron chi connectivity index (χ0n) is 9.06. The lowest BCUT2D eigenvalue weighted by Crippen LogP contribution is -2.19. The predicted molar refractivity (Wildman–Crippen MR) is 68.1 cm³/mol. The molecule has 0 saturated heterocycles. The minimum Gasteiger partial charge on any atom is -0.310 e. The van der Waals surface area contributed by atoms with Crippen LogP contribution in [0.3, 0.4) is 0 Å². The largest absolute Gasteiger partial charge is 0.310 e. The van der Waals surface area contributed by atoms with Gasteiger partial charge in [0.15, 0.2) is 0 Å². The minimum atomic E-state index is 0.542. The van der Waals surface area contributed by atoms with Crippen molar-refractivity contribution in [3.05, 3.63) is 20.3 Å². The van der Waals surface area contributed by atoms with Crippen LogP contribution in [0.2, 0.25) is 0 Å². The molecule has 0 aliphatic carbocycles. The first kappa shape index (κ1) is 12.2. The summed E-state index contributed by atoms with van der Waals surface area (Å²) in [5, 5.41) is 3.53. The lowest BCUT2D eigenvalue weighted by Gasteiger charge is -2.14. The molecule has 0 aliphatic heterocycles. The maximum atomic E-state index is 3.58. The Bertz CT molecular complexity index is 257.